The molecule has 14 heteroatoms. The molecule has 0 aliphatic heterocycles. The summed E-state index contributed by atoms with van der Waals surface area (Å²) >= 11 is 0. The molecule has 0 aliphatic rings. The van der Waals surface area contributed by atoms with Gasteiger partial charge in [0.25, 0.3) is 11.4 Å². The summed E-state index contributed by atoms with van der Waals surface area (Å²) in [6.07, 6.45) is 3.28. The van der Waals surface area contributed by atoms with Gasteiger partial charge in [0.05, 0.1) is 17.8 Å². The van der Waals surface area contributed by atoms with Gasteiger partial charge in [-0.1, -0.05) is 44.2 Å². The number of ether oxygens (including phenoxy) is 1. The highest BCUT2D eigenvalue weighted by atomic mass is 19.1. The molecule has 3 aromatic heterocycles. The maximum absolute atomic E-state index is 13.7. The molecule has 0 saturated carbocycles. The Kier molecular flexibility index (Phi) is 9.66. The third-order valence-electron chi connectivity index (χ3n) is 6.71. The number of nitrogens with zero attached hydrogens (tertiary/aromatic N) is 5. The zero-order valence-electron chi connectivity index (χ0n) is 24.7. The second kappa shape index (κ2) is 14.2. The number of anilines is 1. The van der Waals surface area contributed by atoms with Gasteiger partial charge in [0, 0.05) is 18.0 Å². The molecule has 0 fully saturated rings. The van der Waals surface area contributed by atoms with Gasteiger partial charge < -0.3 is 14.5 Å². The number of hydrogen-bond donors (Lipinski definition) is 2. The molecule has 0 aliphatic carbocycles. The molecule has 5 aromatic rings. The molecule has 0 radical (unpaired) electrons. The number of aromatic nitrogens is 5. The number of nitrogens with one attached hydrogen (secondary N) is 2. The third-order valence-corrected chi connectivity index (χ3v) is 6.71. The first-order valence-electron chi connectivity index (χ1n) is 14.1. The highest BCUT2D eigenvalue weighted by molar-refractivity contribution is 5.98. The Morgan fingerprint density at radius 1 is 0.957 bits per heavy atom. The van der Waals surface area contributed by atoms with Gasteiger partial charge in [-0.15, -0.1) is 10.2 Å². The van der Waals surface area contributed by atoms with Crippen molar-refractivity contribution in [2.24, 2.45) is 5.92 Å². The molecule has 46 heavy (non-hydrogen) atoms. The van der Waals surface area contributed by atoms with Crippen molar-refractivity contribution in [1.29, 1.82) is 0 Å². The third kappa shape index (κ3) is 7.53. The van der Waals surface area contributed by atoms with E-state index in [4.69, 9.17) is 9.15 Å². The molecule has 2 amide bonds. The van der Waals surface area contributed by atoms with E-state index in [2.05, 4.69) is 30.8 Å². The minimum absolute atomic E-state index is 0.0220. The van der Waals surface area contributed by atoms with Gasteiger partial charge in [-0.3, -0.25) is 29.3 Å². The summed E-state index contributed by atoms with van der Waals surface area (Å²) in [7, 11) is 0. The van der Waals surface area contributed by atoms with E-state index in [1.807, 2.05) is 6.07 Å². The van der Waals surface area contributed by atoms with Crippen LogP contribution in [-0.2, 0) is 22.7 Å². The van der Waals surface area contributed by atoms with E-state index in [9.17, 15) is 23.6 Å². The van der Waals surface area contributed by atoms with Gasteiger partial charge >= 0.3 is 6.09 Å². The second-order valence-corrected chi connectivity index (χ2v) is 10.4. The van der Waals surface area contributed by atoms with Crippen LogP contribution in [0.25, 0.3) is 22.8 Å². The van der Waals surface area contributed by atoms with Crippen LogP contribution in [-0.4, -0.2) is 48.6 Å². The number of hydrogen-bond acceptors (Lipinski definition) is 10. The average Bonchev–Trinajstić information content (AvgIpc) is 3.56. The molecule has 234 valence electrons. The number of rotatable bonds is 11. The van der Waals surface area contributed by atoms with Crippen LogP contribution in [0.2, 0.25) is 0 Å². The summed E-state index contributed by atoms with van der Waals surface area (Å²) in [6.45, 7) is 2.78. The van der Waals surface area contributed by atoms with E-state index in [1.165, 1.54) is 30.5 Å². The standard InChI is InChI=1S/C32H28FN7O6/c1-19(2)26(27(42)30-39-38-29(46-30)22-9-6-14-34-15-22)37-25(41)17-40-28(21-10-12-23(33)13-11-21)35-16-24(31(40)43)36-32(44)45-18-20-7-4-3-5-8-20/h3-16,19,26H,17-18H2,1-2H3,(H,36,44)(H,37,41)/t26-/m0/s1. The quantitative estimate of drug-likeness (QED) is 0.202. The monoisotopic (exact) mass is 625 g/mol. The Hall–Kier alpha value is -6.05. The summed E-state index contributed by atoms with van der Waals surface area (Å²) in [5.74, 6) is -2.50. The number of pyridine rings is 1. The van der Waals surface area contributed by atoms with E-state index in [0.29, 0.717) is 11.1 Å². The van der Waals surface area contributed by atoms with Crippen LogP contribution in [0.3, 0.4) is 0 Å². The minimum Gasteiger partial charge on any atom is -0.444 e. The zero-order valence-corrected chi connectivity index (χ0v) is 24.7. The zero-order chi connectivity index (χ0) is 32.6. The Bertz CT molecular complexity index is 1890. The first-order valence-corrected chi connectivity index (χ1v) is 14.1. The van der Waals surface area contributed by atoms with E-state index < -0.39 is 47.7 Å². The number of Topliss-reactive ketones (excluding diaryl/α,β-unsaturated/α-hetero) is 1. The Morgan fingerprint density at radius 2 is 1.72 bits per heavy atom. The highest BCUT2D eigenvalue weighted by Gasteiger charge is 2.30. The number of carbonyl (C=O) groups is 3. The van der Waals surface area contributed by atoms with Gasteiger partial charge in [-0.05, 0) is 47.9 Å². The lowest BCUT2D eigenvalue weighted by Crippen LogP contribution is -2.46. The van der Waals surface area contributed by atoms with Crippen molar-refractivity contribution in [2.75, 3.05) is 5.32 Å². The average molecular weight is 626 g/mol. The molecule has 2 aromatic carbocycles. The molecule has 2 N–H and O–H groups in total. The molecule has 5 rings (SSSR count). The fourth-order valence-corrected chi connectivity index (χ4v) is 4.38. The van der Waals surface area contributed by atoms with Crippen LogP contribution in [0.15, 0.2) is 94.5 Å². The number of halogens is 1. The van der Waals surface area contributed by atoms with Gasteiger partial charge in [-0.25, -0.2) is 14.2 Å². The molecule has 0 saturated heterocycles. The topological polar surface area (TPSA) is 171 Å². The first kappa shape index (κ1) is 31.4. The van der Waals surface area contributed by atoms with Crippen LogP contribution in [0.1, 0.15) is 30.1 Å². The largest absolute Gasteiger partial charge is 0.444 e. The van der Waals surface area contributed by atoms with E-state index >= 15 is 0 Å². The fourth-order valence-electron chi connectivity index (χ4n) is 4.38. The lowest BCUT2D eigenvalue weighted by molar-refractivity contribution is -0.122. The summed E-state index contributed by atoms with van der Waals surface area (Å²) in [6, 6.07) is 16.3. The molecule has 0 unspecified atom stereocenters. The number of amides is 2. The molecule has 0 spiro atoms. The van der Waals surface area contributed by atoms with Gasteiger partial charge in [-0.2, -0.15) is 0 Å². The lowest BCUT2D eigenvalue weighted by Gasteiger charge is -2.20. The van der Waals surface area contributed by atoms with Crippen LogP contribution < -0.4 is 16.2 Å². The Morgan fingerprint density at radius 3 is 2.41 bits per heavy atom. The first-order chi connectivity index (χ1) is 22.2. The van der Waals surface area contributed by atoms with Crippen LogP contribution >= 0.6 is 0 Å². The van der Waals surface area contributed by atoms with Crippen LogP contribution in [0, 0.1) is 11.7 Å². The molecule has 0 bridgehead atoms. The van der Waals surface area contributed by atoms with E-state index in [-0.39, 0.29) is 29.9 Å². The maximum atomic E-state index is 13.7. The SMILES string of the molecule is CC(C)[C@H](NC(=O)Cn1c(-c2ccc(F)cc2)ncc(NC(=O)OCc2ccccc2)c1=O)C(=O)c1nnc(-c2cccnc2)o1. The van der Waals surface area contributed by atoms with Crippen molar-refractivity contribution in [3.63, 3.8) is 0 Å². The fraction of sp³-hybridized carbons (Fsp3) is 0.188. The predicted octanol–water partition coefficient (Wildman–Crippen LogP) is 4.27. The highest BCUT2D eigenvalue weighted by Crippen LogP contribution is 2.20. The van der Waals surface area contributed by atoms with Crippen molar-refractivity contribution in [3.8, 4) is 22.8 Å². The van der Waals surface area contributed by atoms with Crippen molar-refractivity contribution in [2.45, 2.75) is 33.0 Å². The Labute approximate surface area is 261 Å². The maximum Gasteiger partial charge on any atom is 0.412 e. The number of benzene rings is 2. The van der Waals surface area contributed by atoms with Crippen LogP contribution in [0.5, 0.6) is 0 Å². The molecule has 13 nitrogen and oxygen atoms in total. The van der Waals surface area contributed by atoms with Gasteiger partial charge in [0.2, 0.25) is 17.6 Å². The minimum atomic E-state index is -1.10. The smallest absolute Gasteiger partial charge is 0.412 e. The second-order valence-electron chi connectivity index (χ2n) is 10.4. The van der Waals surface area contributed by atoms with Crippen molar-refractivity contribution in [3.05, 3.63) is 113 Å². The van der Waals surface area contributed by atoms with Crippen molar-refractivity contribution in [1.82, 2.24) is 30.0 Å². The molecule has 1 atom stereocenters. The van der Waals surface area contributed by atoms with Crippen molar-refractivity contribution >= 4 is 23.5 Å². The summed E-state index contributed by atoms with van der Waals surface area (Å²) in [5.41, 5.74) is 0.528. The summed E-state index contributed by atoms with van der Waals surface area (Å²) in [4.78, 5) is 61.1. The van der Waals surface area contributed by atoms with Gasteiger partial charge in [0.1, 0.15) is 30.5 Å². The molecule has 3 heterocycles. The van der Waals surface area contributed by atoms with Gasteiger partial charge in [0.15, 0.2) is 0 Å². The number of ketones is 1. The summed E-state index contributed by atoms with van der Waals surface area (Å²) in [5, 5.41) is 12.7. The van der Waals surface area contributed by atoms with Crippen LogP contribution in [0.4, 0.5) is 14.9 Å². The van der Waals surface area contributed by atoms with Crippen molar-refractivity contribution < 1.29 is 27.9 Å². The lowest BCUT2D eigenvalue weighted by atomic mass is 9.99. The predicted molar refractivity (Wildman–Crippen MR) is 163 cm³/mol. The van der Waals surface area contributed by atoms with E-state index in [1.54, 1.807) is 56.4 Å². The summed E-state index contributed by atoms with van der Waals surface area (Å²) < 4.78 is 25.4. The number of carbonyl (C=O) groups excluding carboxylic acids is 3. The van der Waals surface area contributed by atoms with E-state index in [0.717, 1.165) is 16.3 Å². The Balaban J connectivity index is 1.37. The molecular formula is C32H28FN7O6. The normalized spacial score (nSPS) is 11.6. The molecular weight excluding hydrogens is 597 g/mol.